The number of para-hydroxylation sites is 1. The second-order valence-corrected chi connectivity index (χ2v) is 36.0. The summed E-state index contributed by atoms with van der Waals surface area (Å²) in [4.78, 5) is 3.99. The minimum atomic E-state index is -2.91. The Morgan fingerprint density at radius 2 is 0.597 bits per heavy atom. The van der Waals surface area contributed by atoms with Gasteiger partial charge in [-0.1, -0.05) is 270 Å². The van der Waals surface area contributed by atoms with Crippen molar-refractivity contribution in [1.29, 1.82) is 0 Å². The Morgan fingerprint density at radius 1 is 0.235 bits per heavy atom. The van der Waals surface area contributed by atoms with Crippen molar-refractivity contribution in [2.24, 2.45) is 0 Å². The standard InChI is InChI=1S/C21H20O.2C19H22O.2C18H20O.C17H19NO/c1-13-9-11-17-16-12-10-14-7-5-6-8-15(14)19(16)22-20(17)18(13)21(2,3)4;1-11-9-13(3)16-14-8-7-12(2)17(19(4,5)6)18(14)20-15(16)10-11;1-11-9-13(3)17-15(10-11)14-8-7-12(2)16(18(14)20-17)19(4,5)6;1-11-6-8-13-14-9-7-12(2)16(18(3,4)5)17(14)19-15(13)10-11;1-11-9-10-14-13-8-6-7-12(2)16(13)19-17(14)15(11)18(3,4)5;1-10-6-8-12-13-9-7-11(2)18-16(13)19-15(12)14(10)17(3,4)5/h5-12H,1-4H3;2*7-10H,1-6H3;2*6-10H,1-5H3;6-9H,1-5H3/i5D,6D,7D,8D,9D,10D,11D,12D;1D3,7D,8D,9D,10D;1D3,3D3,7D,8D,9D,10D;1D3,6D,7D,8D,9D,10D;2D3,6D,7D,8D,9D,10D;2D3,6D,7D,8D,9D. The van der Waals surface area contributed by atoms with Gasteiger partial charge in [-0.3, -0.25) is 0 Å². The van der Waals surface area contributed by atoms with Gasteiger partial charge in [0.2, 0.25) is 5.71 Å². The van der Waals surface area contributed by atoms with Crippen LogP contribution in [0.2, 0.25) is 0 Å². The van der Waals surface area contributed by atoms with Crippen LogP contribution in [0, 0.1) is 89.6 Å². The lowest BCUT2D eigenvalue weighted by Gasteiger charge is -2.21. The maximum absolute atomic E-state index is 8.56. The molecule has 0 aliphatic carbocycles. The highest BCUT2D eigenvalue weighted by Crippen LogP contribution is 2.47. The Morgan fingerprint density at radius 3 is 1.09 bits per heavy atom. The van der Waals surface area contributed by atoms with Crippen molar-refractivity contribution >= 4 is 143 Å². The van der Waals surface area contributed by atoms with E-state index < -0.39 is 163 Å². The van der Waals surface area contributed by atoms with Crippen molar-refractivity contribution in [2.75, 3.05) is 0 Å². The van der Waals surface area contributed by atoms with Gasteiger partial charge in [0.1, 0.15) is 61.4 Å². The number of aromatic nitrogens is 1. The molecule has 0 saturated carbocycles. The van der Waals surface area contributed by atoms with Crippen LogP contribution in [0.4, 0.5) is 0 Å². The van der Waals surface area contributed by atoms with Gasteiger partial charge in [-0.05, 0) is 230 Å². The maximum atomic E-state index is 8.56. The molecule has 0 bridgehead atoms. The molecule has 0 atom stereocenters. The summed E-state index contributed by atoms with van der Waals surface area (Å²) < 4.78 is 424. The molecular weight excluding hydrogens is 1460 g/mol. The topological polar surface area (TPSA) is 91.7 Å². The Bertz CT molecular complexity index is 9560. The third kappa shape index (κ3) is 16.0. The van der Waals surface area contributed by atoms with E-state index in [4.69, 9.17) is 92.3 Å². The molecule has 0 spiro atoms. The SMILES string of the molecule is [2H]c1c(C([2H])([2H])[2H])c([2H])c2c(oc3c(C(C)(C)C)c(C)c([2H])c([2H])c32)c1C([2H])([2H])[2H].[2H]c1c(C([2H])([2H])[2H])c([2H])c2oc3c(C(C)(C)C)c(C)c([2H])c([2H])c3c2c1[2H].[2H]c1c(C([2H])([2H])[2H])nc2oc3c(C(C)(C)C)c(C)c([2H])c([2H])c3c2c1[2H].[2H]c1c(C)c(C(C)(C)C)c2oc3c([2H])c(C([2H])([2H])[2H])c([2H])c(C)c3c2c1[2H].[2H]c1c([2H])c([2H])c2c(c1[2H])c([2H])c([2H])c1c2oc2c(C(C)(C)C)c(C)c([2H])c([2H])c21.[2H]c1c([2H])c([2H])c2c(oc3c(C(C)(C)C)c(C)c([2H])c([2H])c32)c1C([2H])([2H])[2H]. The molecule has 0 fully saturated rings. The fraction of sp³-hybridized carbons (Fsp3) is 0.330. The predicted octanol–water partition coefficient (Wildman–Crippen LogP) is 33.9. The van der Waals surface area contributed by atoms with E-state index in [1.165, 1.54) is 0 Å². The minimum Gasteiger partial charge on any atom is -0.456 e. The zero-order valence-electron chi connectivity index (χ0n) is 119. The molecule has 0 N–H and O–H groups in total. The van der Waals surface area contributed by atoms with Gasteiger partial charge in [-0.2, -0.15) is 0 Å². The van der Waals surface area contributed by atoms with Gasteiger partial charge in [-0.25, -0.2) is 4.98 Å². The van der Waals surface area contributed by atoms with Gasteiger partial charge in [0.05, 0.1) is 41.1 Å². The smallest absolute Gasteiger partial charge is 0.227 e. The van der Waals surface area contributed by atoms with E-state index in [1.54, 1.807) is 48.5 Å². The van der Waals surface area contributed by atoms with Crippen LogP contribution in [0.15, 0.2) is 208 Å². The molecule has 119 heavy (non-hydrogen) atoms. The van der Waals surface area contributed by atoms with Crippen LogP contribution < -0.4 is 0 Å². The molecule has 7 nitrogen and oxygen atoms in total. The average Bonchev–Trinajstić information content (AvgIpc) is 1.55. The van der Waals surface area contributed by atoms with E-state index >= 15 is 0 Å². The predicted molar refractivity (Wildman–Crippen MR) is 511 cm³/mol. The first kappa shape index (κ1) is 43.2. The van der Waals surface area contributed by atoms with E-state index in [9.17, 15) is 0 Å². The van der Waals surface area contributed by atoms with Gasteiger partial charge in [0.15, 0.2) is 0 Å². The maximum Gasteiger partial charge on any atom is 0.227 e. The van der Waals surface area contributed by atoms with E-state index in [1.807, 2.05) is 125 Å². The molecule has 7 aromatic heterocycles. The van der Waals surface area contributed by atoms with E-state index in [0.717, 1.165) is 5.56 Å². The first-order valence-corrected chi connectivity index (χ1v) is 38.6. The first-order valence-electron chi connectivity index (χ1n) is 62.6. The van der Waals surface area contributed by atoms with Gasteiger partial charge in [0.25, 0.3) is 0 Å². The molecule has 0 radical (unpaired) electrons. The Balaban J connectivity index is 0.000000155. The zero-order chi connectivity index (χ0) is 127. The fourth-order valence-electron chi connectivity index (χ4n) is 16.0. The molecule has 612 valence electrons. The van der Waals surface area contributed by atoms with Crippen molar-refractivity contribution in [3.05, 3.63) is 287 Å². The largest absolute Gasteiger partial charge is 0.456 e. The third-order valence-corrected chi connectivity index (χ3v) is 20.3. The van der Waals surface area contributed by atoms with Crippen LogP contribution in [0.3, 0.4) is 0 Å². The van der Waals surface area contributed by atoms with Crippen molar-refractivity contribution < 1.29 is 92.3 Å². The number of benzene rings is 12. The quantitative estimate of drug-likeness (QED) is 0.149. The van der Waals surface area contributed by atoms with E-state index in [2.05, 4.69) is 4.98 Å². The monoisotopic (exact) mass is 1630 g/mol. The molecule has 0 aliphatic rings. The van der Waals surface area contributed by atoms with Crippen LogP contribution >= 0.6 is 0 Å². The molecule has 12 aromatic carbocycles. The fourth-order valence-corrected chi connectivity index (χ4v) is 16.0. The summed E-state index contributed by atoms with van der Waals surface area (Å²) in [5, 5.41) is 1.73. The Kier molecular flexibility index (Phi) is 11.2. The zero-order valence-corrected chi connectivity index (χ0v) is 71.4. The molecule has 0 amide bonds. The van der Waals surface area contributed by atoms with Crippen molar-refractivity contribution in [3.8, 4) is 0 Å². The second kappa shape index (κ2) is 30.9. The molecule has 7 heteroatoms. The molecule has 0 unspecified atom stereocenters. The van der Waals surface area contributed by atoms with Gasteiger partial charge in [0, 0.05) is 134 Å². The highest BCUT2D eigenvalue weighted by molar-refractivity contribution is 6.16. The number of nitrogens with zero attached hydrogens (tertiary/aromatic N) is 1. The van der Waals surface area contributed by atoms with Crippen LogP contribution in [0.5, 0.6) is 0 Å². The lowest BCUT2D eigenvalue weighted by atomic mass is 9.83. The highest BCUT2D eigenvalue weighted by atomic mass is 16.4. The normalized spacial score (nSPS) is 18.9. The summed E-state index contributed by atoms with van der Waals surface area (Å²) in [6.45, 7) is 30.3. The summed E-state index contributed by atoms with van der Waals surface area (Å²) in [6.07, 6.45) is 0. The number of pyridine rings is 1. The lowest BCUT2D eigenvalue weighted by molar-refractivity contribution is 0.566. The van der Waals surface area contributed by atoms with Crippen LogP contribution in [0.1, 0.15) is 296 Å². The summed E-state index contributed by atoms with van der Waals surface area (Å²) >= 11 is 0. The molecule has 0 aliphatic heterocycles. The van der Waals surface area contributed by atoms with Gasteiger partial charge in [-0.15, -0.1) is 0 Å². The van der Waals surface area contributed by atoms with Crippen LogP contribution in [0.25, 0.3) is 143 Å². The molecule has 19 rings (SSSR count). The highest BCUT2D eigenvalue weighted by Gasteiger charge is 2.30. The molecular formula is C112H123NO6. The third-order valence-electron chi connectivity index (χ3n) is 20.3. The molecule has 7 heterocycles. The Hall–Kier alpha value is -11.2. The van der Waals surface area contributed by atoms with Crippen molar-refractivity contribution in [2.45, 2.75) is 247 Å². The first-order chi connectivity index (χ1) is 75.5. The van der Waals surface area contributed by atoms with E-state index in [0.29, 0.717) is 94.3 Å². The summed E-state index contributed by atoms with van der Waals surface area (Å²) in [5.74, 6) is 0. The van der Waals surface area contributed by atoms with Gasteiger partial charge >= 0.3 is 0 Å². The second-order valence-electron chi connectivity index (χ2n) is 36.0. The number of furan rings is 6. The van der Waals surface area contributed by atoms with Crippen molar-refractivity contribution in [3.63, 3.8) is 0 Å². The van der Waals surface area contributed by atoms with Gasteiger partial charge < -0.3 is 26.5 Å². The number of fused-ring (bicyclic) bond motifs is 20. The average molecular weight is 1630 g/mol. The van der Waals surface area contributed by atoms with Crippen LogP contribution in [-0.4, -0.2) is 4.98 Å². The summed E-state index contributed by atoms with van der Waals surface area (Å²) in [5.41, 5.74) is 3.24. The summed E-state index contributed by atoms with van der Waals surface area (Å²) in [6, 6.07) is -8.87. The summed E-state index contributed by atoms with van der Waals surface area (Å²) in [7, 11) is 0. The number of aryl methyl sites for hydroxylation is 4. The molecule has 0 saturated heterocycles. The molecule has 19 aromatic rings. The van der Waals surface area contributed by atoms with Crippen LogP contribution in [-0.2, 0) is 32.5 Å². The lowest BCUT2D eigenvalue weighted by Crippen LogP contribution is -2.13. The van der Waals surface area contributed by atoms with E-state index in [-0.39, 0.29) is 241 Å². The number of hydrogen-bond donors (Lipinski definition) is 0. The minimum absolute atomic E-state index is 0.00696. The number of rotatable bonds is 0. The van der Waals surface area contributed by atoms with Crippen molar-refractivity contribution in [1.82, 2.24) is 4.98 Å². The Labute approximate surface area is 772 Å². The number of hydrogen-bond acceptors (Lipinski definition) is 7.